The molecular weight excluding hydrogens is 309 g/mol. The standard InChI is InChI=1S/C11H12FNO2.C4H4O4/c12-9-3-1-8(2-4-9)11-7-13-5-10(15-11)6-14-11;5-3(6)1-2-4(7)8/h1-4,10,13H,5-7H2;1-2H,(H,5,6)(H,7,8)/b;2-1+. The van der Waals surface area contributed by atoms with Gasteiger partial charge in [-0.2, -0.15) is 0 Å². The third-order valence-electron chi connectivity index (χ3n) is 3.24. The summed E-state index contributed by atoms with van der Waals surface area (Å²) in [5, 5.41) is 18.9. The number of nitrogens with one attached hydrogen (secondary N) is 1. The fraction of sp³-hybridized carbons (Fsp3) is 0.333. The van der Waals surface area contributed by atoms with Gasteiger partial charge in [-0.25, -0.2) is 14.0 Å². The molecule has 2 fully saturated rings. The number of hydrogen-bond acceptors (Lipinski definition) is 5. The average Bonchev–Trinajstić information content (AvgIpc) is 2.82. The number of carbonyl (C=O) groups is 2. The Morgan fingerprint density at radius 1 is 1.22 bits per heavy atom. The van der Waals surface area contributed by atoms with Crippen molar-refractivity contribution >= 4 is 11.9 Å². The predicted molar refractivity (Wildman–Crippen MR) is 76.2 cm³/mol. The number of aliphatic carboxylic acids is 2. The van der Waals surface area contributed by atoms with E-state index in [4.69, 9.17) is 19.7 Å². The summed E-state index contributed by atoms with van der Waals surface area (Å²) in [6, 6.07) is 6.28. The molecule has 1 aromatic carbocycles. The van der Waals surface area contributed by atoms with Gasteiger partial charge in [0, 0.05) is 24.3 Å². The van der Waals surface area contributed by atoms with Crippen LogP contribution in [0.15, 0.2) is 36.4 Å². The van der Waals surface area contributed by atoms with E-state index in [0.29, 0.717) is 25.3 Å². The van der Waals surface area contributed by atoms with Crippen molar-refractivity contribution < 1.29 is 33.7 Å². The van der Waals surface area contributed by atoms with Crippen LogP contribution in [0.5, 0.6) is 0 Å². The maximum absolute atomic E-state index is 12.8. The molecule has 124 valence electrons. The van der Waals surface area contributed by atoms with Crippen LogP contribution in [-0.4, -0.2) is 48.0 Å². The number of rotatable bonds is 3. The Labute approximate surface area is 131 Å². The van der Waals surface area contributed by atoms with Crippen molar-refractivity contribution in [1.29, 1.82) is 0 Å². The third kappa shape index (κ3) is 4.59. The number of hydrogen-bond donors (Lipinski definition) is 3. The summed E-state index contributed by atoms with van der Waals surface area (Å²) in [5.74, 6) is -3.45. The zero-order valence-electron chi connectivity index (χ0n) is 12.1. The van der Waals surface area contributed by atoms with Crippen LogP contribution in [0.25, 0.3) is 0 Å². The number of morpholine rings is 1. The summed E-state index contributed by atoms with van der Waals surface area (Å²) in [6.07, 6.45) is 1.23. The van der Waals surface area contributed by atoms with E-state index in [1.165, 1.54) is 12.1 Å². The van der Waals surface area contributed by atoms with Crippen molar-refractivity contribution in [2.24, 2.45) is 0 Å². The van der Waals surface area contributed by atoms with Crippen LogP contribution in [0.1, 0.15) is 5.56 Å². The minimum Gasteiger partial charge on any atom is -0.478 e. The number of carboxylic acids is 2. The van der Waals surface area contributed by atoms with Crippen LogP contribution < -0.4 is 5.32 Å². The SMILES string of the molecule is Fc1ccc(C23CNCC(CO2)O3)cc1.O=C(O)/C=C/C(=O)O. The molecular formula is C15H16FNO6. The smallest absolute Gasteiger partial charge is 0.328 e. The van der Waals surface area contributed by atoms with Crippen molar-refractivity contribution in [3.63, 3.8) is 0 Å². The maximum atomic E-state index is 12.8. The van der Waals surface area contributed by atoms with Crippen molar-refractivity contribution in [3.8, 4) is 0 Å². The lowest BCUT2D eigenvalue weighted by Crippen LogP contribution is -2.46. The van der Waals surface area contributed by atoms with Crippen molar-refractivity contribution in [1.82, 2.24) is 5.32 Å². The van der Waals surface area contributed by atoms with E-state index in [1.807, 2.05) is 0 Å². The van der Waals surface area contributed by atoms with Gasteiger partial charge in [-0.3, -0.25) is 0 Å². The molecule has 0 saturated carbocycles. The van der Waals surface area contributed by atoms with Crippen LogP contribution in [0, 0.1) is 5.82 Å². The molecule has 23 heavy (non-hydrogen) atoms. The van der Waals surface area contributed by atoms with Gasteiger partial charge in [-0.1, -0.05) is 12.1 Å². The van der Waals surface area contributed by atoms with Gasteiger partial charge >= 0.3 is 11.9 Å². The topological polar surface area (TPSA) is 105 Å². The van der Waals surface area contributed by atoms with Gasteiger partial charge in [0.05, 0.1) is 19.3 Å². The molecule has 0 amide bonds. The number of carboxylic acid groups (broad SMARTS) is 2. The normalized spacial score (nSPS) is 25.7. The first-order valence-electron chi connectivity index (χ1n) is 6.84. The largest absolute Gasteiger partial charge is 0.478 e. The monoisotopic (exact) mass is 325 g/mol. The highest BCUT2D eigenvalue weighted by atomic mass is 19.1. The number of ether oxygens (including phenoxy) is 2. The quantitative estimate of drug-likeness (QED) is 0.703. The minimum absolute atomic E-state index is 0.115. The molecule has 0 aliphatic carbocycles. The zero-order valence-corrected chi connectivity index (χ0v) is 12.1. The van der Waals surface area contributed by atoms with Gasteiger partial charge in [0.25, 0.3) is 0 Å². The maximum Gasteiger partial charge on any atom is 0.328 e. The lowest BCUT2D eigenvalue weighted by Gasteiger charge is -2.32. The van der Waals surface area contributed by atoms with Crippen LogP contribution in [0.4, 0.5) is 4.39 Å². The van der Waals surface area contributed by atoms with Crippen LogP contribution in [0.3, 0.4) is 0 Å². The molecule has 2 saturated heterocycles. The second kappa shape index (κ2) is 7.32. The van der Waals surface area contributed by atoms with Crippen LogP contribution >= 0.6 is 0 Å². The van der Waals surface area contributed by atoms with Crippen molar-refractivity contribution in [2.45, 2.75) is 11.9 Å². The third-order valence-corrected chi connectivity index (χ3v) is 3.24. The Morgan fingerprint density at radius 2 is 1.83 bits per heavy atom. The molecule has 2 unspecified atom stereocenters. The van der Waals surface area contributed by atoms with Crippen molar-refractivity contribution in [2.75, 3.05) is 19.7 Å². The molecule has 1 aromatic rings. The van der Waals surface area contributed by atoms with Crippen molar-refractivity contribution in [3.05, 3.63) is 47.8 Å². The molecule has 0 aromatic heterocycles. The molecule has 2 aliphatic heterocycles. The predicted octanol–water partition coefficient (Wildman–Crippen LogP) is 0.709. The molecule has 3 rings (SSSR count). The molecule has 3 N–H and O–H groups in total. The van der Waals surface area contributed by atoms with Gasteiger partial charge in [-0.05, 0) is 12.1 Å². The van der Waals surface area contributed by atoms with Crippen LogP contribution in [0.2, 0.25) is 0 Å². The summed E-state index contributed by atoms with van der Waals surface area (Å²) in [5.41, 5.74) is 0.874. The average molecular weight is 325 g/mol. The minimum atomic E-state index is -1.26. The number of benzene rings is 1. The van der Waals surface area contributed by atoms with Gasteiger partial charge in [0.1, 0.15) is 5.82 Å². The number of fused-ring (bicyclic) bond motifs is 2. The van der Waals surface area contributed by atoms with Gasteiger partial charge in [-0.15, -0.1) is 0 Å². The fourth-order valence-corrected chi connectivity index (χ4v) is 2.26. The van der Waals surface area contributed by atoms with Crippen LogP contribution in [-0.2, 0) is 24.8 Å². The molecule has 0 spiro atoms. The van der Waals surface area contributed by atoms with Gasteiger partial charge in [0.2, 0.25) is 5.79 Å². The highest BCUT2D eigenvalue weighted by Crippen LogP contribution is 2.35. The summed E-state index contributed by atoms with van der Waals surface area (Å²) in [6.45, 7) is 2.04. The molecule has 2 bridgehead atoms. The summed E-state index contributed by atoms with van der Waals surface area (Å²) >= 11 is 0. The van der Waals surface area contributed by atoms with Gasteiger partial charge < -0.3 is 25.0 Å². The highest BCUT2D eigenvalue weighted by Gasteiger charge is 2.45. The summed E-state index contributed by atoms with van der Waals surface area (Å²) in [7, 11) is 0. The Kier molecular flexibility index (Phi) is 5.43. The Bertz CT molecular complexity index is 582. The lowest BCUT2D eigenvalue weighted by atomic mass is 10.0. The molecule has 2 heterocycles. The van der Waals surface area contributed by atoms with Gasteiger partial charge in [0.15, 0.2) is 0 Å². The second-order valence-electron chi connectivity index (χ2n) is 4.95. The first-order chi connectivity index (χ1) is 10.9. The fourth-order valence-electron chi connectivity index (χ4n) is 2.26. The van der Waals surface area contributed by atoms with E-state index in [0.717, 1.165) is 12.1 Å². The zero-order chi connectivity index (χ0) is 16.9. The first-order valence-corrected chi connectivity index (χ1v) is 6.84. The molecule has 0 radical (unpaired) electrons. The molecule has 2 aliphatic rings. The van der Waals surface area contributed by atoms with E-state index < -0.39 is 17.7 Å². The summed E-state index contributed by atoms with van der Waals surface area (Å²) in [4.78, 5) is 19.1. The number of halogens is 1. The molecule has 8 heteroatoms. The summed E-state index contributed by atoms with van der Waals surface area (Å²) < 4.78 is 24.3. The lowest BCUT2D eigenvalue weighted by molar-refractivity contribution is -0.186. The molecule has 2 atom stereocenters. The van der Waals surface area contributed by atoms with E-state index in [9.17, 15) is 14.0 Å². The van der Waals surface area contributed by atoms with E-state index >= 15 is 0 Å². The van der Waals surface area contributed by atoms with E-state index in [1.54, 1.807) is 12.1 Å². The highest BCUT2D eigenvalue weighted by molar-refractivity contribution is 5.89. The Morgan fingerprint density at radius 3 is 2.39 bits per heavy atom. The Balaban J connectivity index is 0.000000207. The van der Waals surface area contributed by atoms with E-state index in [2.05, 4.69) is 5.32 Å². The van der Waals surface area contributed by atoms with E-state index in [-0.39, 0.29) is 11.9 Å². The second-order valence-corrected chi connectivity index (χ2v) is 4.95. The first kappa shape index (κ1) is 17.1. The molecule has 7 nitrogen and oxygen atoms in total. The Hall–Kier alpha value is -2.29.